The highest BCUT2D eigenvalue weighted by atomic mass is 16.5. The first-order valence-electron chi connectivity index (χ1n) is 35.0. The Morgan fingerprint density at radius 2 is 0.722 bits per heavy atom. The van der Waals surface area contributed by atoms with Crippen LogP contribution in [0.25, 0.3) is 0 Å². The lowest BCUT2D eigenvalue weighted by Gasteiger charge is -2.24. The lowest BCUT2D eigenvalue weighted by Crippen LogP contribution is -2.56. The quantitative estimate of drug-likeness (QED) is 0.0321. The number of nitrogens with two attached hydrogens (primary N) is 2. The Kier molecular flexibility index (Phi) is 58.2. The van der Waals surface area contributed by atoms with E-state index in [9.17, 15) is 57.5 Å². The molecular formula is C66H123N13O18. The maximum atomic E-state index is 14.7. The fourth-order valence-electron chi connectivity index (χ4n) is 9.59. The van der Waals surface area contributed by atoms with Crippen LogP contribution in [0.5, 0.6) is 0 Å². The maximum Gasteiger partial charge on any atom is 0.243 e. The predicted octanol–water partition coefficient (Wildman–Crippen LogP) is -1.11. The van der Waals surface area contributed by atoms with Crippen LogP contribution in [0, 0.1) is 23.7 Å². The molecule has 31 nitrogen and oxygen atoms in total. The van der Waals surface area contributed by atoms with Crippen LogP contribution in [-0.2, 0) is 86.0 Å². The lowest BCUT2D eigenvalue weighted by molar-refractivity contribution is -0.138. The standard InChI is InChI=1S/C66H123N13O18/c1-7-10-13-15-20-71-60(85)48-56(66(91)79-55(65(90)76-27-25-70-23-18-68)47-54(81)42-51(63(88)74-19-12-9-3)45-59(84)72-26-24-69-22-17-67)78-61(86)46-52(64(89)75-21-16-14-11-8-2)43-57(82)50(44-58(83)73-28-30-94-36-38-96-34-32-92-5)41-53(80)40-49(4)62(87)77-29-31-95-37-39-97-35-33-93-6/h49-52,55-56,69-70H,7-48,67-68H2,1-6H3,(H,71,85)(H,72,84)(H,73,83)(H,74,88)(H,75,89)(H,76,90)(H,77,87)(H,78,86)(H,79,91). The molecule has 9 amide bonds. The molecule has 0 aromatic heterocycles. The van der Waals surface area contributed by atoms with Crippen LogP contribution in [0.3, 0.4) is 0 Å². The SMILES string of the molecule is CCCCCCNC(=O)CC(NC(=O)CC(CC(=O)C(CC(=O)CC(C)C(=O)NCCOCCOCCOC)CC(=O)NCCOCCOCCOC)C(=O)NCCCCCC)C(=O)NC(CC(=O)CC(CC(=O)NCCNCCN)C(=O)NCCCC)C(=O)NCCNCCN. The molecule has 0 spiro atoms. The maximum absolute atomic E-state index is 14.7. The van der Waals surface area contributed by atoms with Crippen molar-refractivity contribution in [3.05, 3.63) is 0 Å². The van der Waals surface area contributed by atoms with Crippen molar-refractivity contribution in [1.29, 1.82) is 0 Å². The van der Waals surface area contributed by atoms with E-state index in [4.69, 9.17) is 39.9 Å². The normalized spacial score (nSPS) is 13.0. The van der Waals surface area contributed by atoms with Crippen molar-refractivity contribution in [2.24, 2.45) is 35.1 Å². The van der Waals surface area contributed by atoms with Crippen molar-refractivity contribution in [2.45, 2.75) is 162 Å². The van der Waals surface area contributed by atoms with Crippen LogP contribution in [0.2, 0.25) is 0 Å². The zero-order chi connectivity index (χ0) is 72.1. The third-order valence-electron chi connectivity index (χ3n) is 15.1. The van der Waals surface area contributed by atoms with Crippen molar-refractivity contribution in [3.63, 3.8) is 0 Å². The first-order chi connectivity index (χ1) is 46.8. The molecule has 0 heterocycles. The van der Waals surface area contributed by atoms with Crippen LogP contribution in [0.15, 0.2) is 0 Å². The lowest BCUT2D eigenvalue weighted by atomic mass is 9.85. The Bertz CT molecular complexity index is 2220. The average molecular weight is 1390 g/mol. The summed E-state index contributed by atoms with van der Waals surface area (Å²) in [6, 6.07) is -3.39. The number of hydrogen-bond acceptors (Lipinski definition) is 22. The number of methoxy groups -OCH3 is 2. The molecule has 0 bridgehead atoms. The molecule has 97 heavy (non-hydrogen) atoms. The van der Waals surface area contributed by atoms with E-state index in [0.29, 0.717) is 85.0 Å². The summed E-state index contributed by atoms with van der Waals surface area (Å²) in [5.41, 5.74) is 11.2. The van der Waals surface area contributed by atoms with Crippen molar-refractivity contribution in [3.8, 4) is 0 Å². The molecule has 0 aromatic carbocycles. The molecule has 6 atom stereocenters. The summed E-state index contributed by atoms with van der Waals surface area (Å²) in [5, 5.41) is 30.3. The number of amides is 9. The Morgan fingerprint density at radius 3 is 1.27 bits per heavy atom. The van der Waals surface area contributed by atoms with E-state index in [2.05, 4.69) is 58.5 Å². The molecule has 0 aliphatic carbocycles. The fourth-order valence-corrected chi connectivity index (χ4v) is 9.59. The number of carbonyl (C=O) groups excluding carboxylic acids is 12. The first-order valence-corrected chi connectivity index (χ1v) is 35.0. The van der Waals surface area contributed by atoms with E-state index in [1.165, 1.54) is 6.92 Å². The summed E-state index contributed by atoms with van der Waals surface area (Å²) in [6.07, 6.45) is 2.74. The number of nitrogens with one attached hydrogen (secondary N) is 11. The summed E-state index contributed by atoms with van der Waals surface area (Å²) >= 11 is 0. The predicted molar refractivity (Wildman–Crippen MR) is 365 cm³/mol. The molecule has 0 aliphatic rings. The van der Waals surface area contributed by atoms with Gasteiger partial charge in [0.15, 0.2) is 0 Å². The molecule has 0 aliphatic heterocycles. The molecule has 0 radical (unpaired) electrons. The van der Waals surface area contributed by atoms with E-state index in [1.807, 2.05) is 20.8 Å². The number of unbranched alkanes of at least 4 members (excludes halogenated alkanes) is 7. The van der Waals surface area contributed by atoms with Crippen LogP contribution in [0.1, 0.15) is 150 Å². The van der Waals surface area contributed by atoms with E-state index in [-0.39, 0.29) is 98.2 Å². The Hall–Kier alpha value is -6.16. The first kappa shape index (κ1) is 90.8. The molecule has 0 aromatic rings. The average Bonchev–Trinajstić information content (AvgIpc) is 0.899. The fraction of sp³-hybridized carbons (Fsp3) is 0.818. The highest BCUT2D eigenvalue weighted by Gasteiger charge is 2.35. The van der Waals surface area contributed by atoms with Gasteiger partial charge in [0.2, 0.25) is 53.2 Å². The van der Waals surface area contributed by atoms with E-state index >= 15 is 0 Å². The second-order valence-electron chi connectivity index (χ2n) is 23.8. The zero-order valence-electron chi connectivity index (χ0n) is 59.2. The van der Waals surface area contributed by atoms with Crippen LogP contribution >= 0.6 is 0 Å². The van der Waals surface area contributed by atoms with E-state index in [1.54, 1.807) is 14.2 Å². The molecular weight excluding hydrogens is 1260 g/mol. The van der Waals surface area contributed by atoms with Gasteiger partial charge in [-0.15, -0.1) is 0 Å². The van der Waals surface area contributed by atoms with Crippen LogP contribution < -0.4 is 70.0 Å². The number of Topliss-reactive ketones (excluding diaryl/α,β-unsaturated/α-hetero) is 3. The second kappa shape index (κ2) is 62.1. The topological polar surface area (TPSA) is 445 Å². The number of rotatable bonds is 67. The third-order valence-corrected chi connectivity index (χ3v) is 15.1. The highest BCUT2D eigenvalue weighted by Crippen LogP contribution is 2.22. The number of ether oxygens (including phenoxy) is 6. The summed E-state index contributed by atoms with van der Waals surface area (Å²) in [4.78, 5) is 167. The van der Waals surface area contributed by atoms with Crippen molar-refractivity contribution >= 4 is 70.5 Å². The molecule has 15 N–H and O–H groups in total. The summed E-state index contributed by atoms with van der Waals surface area (Å²) in [7, 11) is 3.11. The van der Waals surface area contributed by atoms with Gasteiger partial charge < -0.3 is 98.4 Å². The summed E-state index contributed by atoms with van der Waals surface area (Å²) < 4.78 is 31.7. The summed E-state index contributed by atoms with van der Waals surface area (Å²) in [5.74, 6) is -13.1. The molecule has 31 heteroatoms. The van der Waals surface area contributed by atoms with E-state index in [0.717, 1.165) is 44.9 Å². The monoisotopic (exact) mass is 1390 g/mol. The van der Waals surface area contributed by atoms with Gasteiger partial charge in [0.05, 0.1) is 84.3 Å². The van der Waals surface area contributed by atoms with Crippen molar-refractivity contribution < 1.29 is 86.0 Å². The second-order valence-corrected chi connectivity index (χ2v) is 23.8. The number of hydrogen-bond donors (Lipinski definition) is 13. The van der Waals surface area contributed by atoms with Gasteiger partial charge in [-0.05, 0) is 19.3 Å². The molecule has 0 saturated heterocycles. The van der Waals surface area contributed by atoms with Gasteiger partial charge >= 0.3 is 0 Å². The molecule has 0 fully saturated rings. The Balaban J connectivity index is 7.21. The van der Waals surface area contributed by atoms with Crippen molar-refractivity contribution in [1.82, 2.24) is 58.5 Å². The van der Waals surface area contributed by atoms with E-state index < -0.39 is 151 Å². The van der Waals surface area contributed by atoms with Gasteiger partial charge in [0.1, 0.15) is 29.4 Å². The van der Waals surface area contributed by atoms with Gasteiger partial charge in [-0.2, -0.15) is 0 Å². The van der Waals surface area contributed by atoms with Gasteiger partial charge in [-0.1, -0.05) is 72.6 Å². The Morgan fingerprint density at radius 1 is 0.320 bits per heavy atom. The van der Waals surface area contributed by atoms with Crippen molar-refractivity contribution in [2.75, 3.05) is 165 Å². The molecule has 0 saturated carbocycles. The minimum absolute atomic E-state index is 0.0191. The van der Waals surface area contributed by atoms with Gasteiger partial charge in [0.25, 0.3) is 0 Å². The van der Waals surface area contributed by atoms with Crippen LogP contribution in [0.4, 0.5) is 0 Å². The van der Waals surface area contributed by atoms with Gasteiger partial charge in [0, 0.05) is 163 Å². The van der Waals surface area contributed by atoms with Crippen LogP contribution in [-0.4, -0.2) is 248 Å². The summed E-state index contributed by atoms with van der Waals surface area (Å²) in [6.45, 7) is 13.8. The number of carbonyl (C=O) groups is 12. The molecule has 560 valence electrons. The largest absolute Gasteiger partial charge is 0.382 e. The highest BCUT2D eigenvalue weighted by molar-refractivity contribution is 5.99. The minimum atomic E-state index is -1.74. The minimum Gasteiger partial charge on any atom is -0.382 e. The van der Waals surface area contributed by atoms with Gasteiger partial charge in [-0.25, -0.2) is 0 Å². The zero-order valence-corrected chi connectivity index (χ0v) is 59.2. The molecule has 0 rings (SSSR count). The Labute approximate surface area is 575 Å². The van der Waals surface area contributed by atoms with Gasteiger partial charge in [-0.3, -0.25) is 57.5 Å². The number of ketones is 3. The smallest absolute Gasteiger partial charge is 0.243 e. The third kappa shape index (κ3) is 50.8. The molecule has 6 unspecified atom stereocenters.